The number of rotatable bonds is 4. The van der Waals surface area contributed by atoms with Crippen LogP contribution in [0.3, 0.4) is 0 Å². The summed E-state index contributed by atoms with van der Waals surface area (Å²) < 4.78 is 22.8. The van der Waals surface area contributed by atoms with Crippen molar-refractivity contribution in [1.82, 2.24) is 9.97 Å². The molecule has 0 fully saturated rings. The molecular weight excluding hydrogens is 490 g/mol. The molecule has 1 aliphatic heterocycles. The lowest BCUT2D eigenvalue weighted by Crippen LogP contribution is -2.21. The lowest BCUT2D eigenvalue weighted by Gasteiger charge is -2.26. The highest BCUT2D eigenvalue weighted by Crippen LogP contribution is 2.37. The van der Waals surface area contributed by atoms with E-state index in [-0.39, 0.29) is 5.41 Å². The van der Waals surface area contributed by atoms with Crippen LogP contribution in [-0.4, -0.2) is 21.1 Å². The van der Waals surface area contributed by atoms with Gasteiger partial charge in [-0.25, -0.2) is 4.98 Å². The van der Waals surface area contributed by atoms with Crippen LogP contribution in [-0.2, 0) is 17.8 Å². The topological polar surface area (TPSA) is 70.1 Å². The van der Waals surface area contributed by atoms with E-state index < -0.39 is 11.4 Å². The molecule has 4 bridgehead atoms. The van der Waals surface area contributed by atoms with Gasteiger partial charge in [0.05, 0.1) is 12.3 Å². The lowest BCUT2D eigenvalue weighted by atomic mass is 9.82. The fourth-order valence-corrected chi connectivity index (χ4v) is 6.22. The number of aromatic nitrogens is 2. The normalized spacial score (nSPS) is 18.6. The number of hydrogen-bond acceptors (Lipinski definition) is 5. The number of aryl methyl sites for hydroxylation is 1. The average molecular weight is 534 g/mol. The van der Waals surface area contributed by atoms with Gasteiger partial charge in [0, 0.05) is 11.6 Å². The Balaban J connectivity index is 1.82. The fourth-order valence-electron chi connectivity index (χ4n) is 5.39. The summed E-state index contributed by atoms with van der Waals surface area (Å²) in [7, 11) is 0. The van der Waals surface area contributed by atoms with Crippen molar-refractivity contribution in [3.63, 3.8) is 0 Å². The summed E-state index contributed by atoms with van der Waals surface area (Å²) >= 11 is -1.49. The molecule has 5 nitrogen and oxygen atoms in total. The summed E-state index contributed by atoms with van der Waals surface area (Å²) in [5.41, 5.74) is 5.81. The van der Waals surface area contributed by atoms with Gasteiger partial charge in [-0.05, 0) is 77.7 Å². The van der Waals surface area contributed by atoms with Crippen molar-refractivity contribution in [1.29, 1.82) is 0 Å². The number of nitrogens with zero attached hydrogens (tertiary/aromatic N) is 2. The van der Waals surface area contributed by atoms with E-state index in [9.17, 15) is 4.55 Å². The van der Waals surface area contributed by atoms with Crippen LogP contribution in [0.15, 0.2) is 53.4 Å². The molecule has 2 atom stereocenters. The lowest BCUT2D eigenvalue weighted by molar-refractivity contribution is 0.180. The third-order valence-corrected chi connectivity index (χ3v) is 8.12. The van der Waals surface area contributed by atoms with Crippen LogP contribution >= 0.6 is 0 Å². The number of benzene rings is 2. The van der Waals surface area contributed by atoms with Gasteiger partial charge in [0.2, 0.25) is 5.88 Å². The molecule has 2 heterocycles. The van der Waals surface area contributed by atoms with Crippen LogP contribution in [0.1, 0.15) is 96.3 Å². The first-order valence-electron chi connectivity index (χ1n) is 13.9. The molecule has 0 saturated carbocycles. The highest BCUT2D eigenvalue weighted by molar-refractivity contribution is 7.92. The van der Waals surface area contributed by atoms with Gasteiger partial charge in [0.25, 0.3) is 5.95 Å². The van der Waals surface area contributed by atoms with Crippen molar-refractivity contribution in [3.8, 4) is 17.1 Å². The monoisotopic (exact) mass is 533 g/mol. The number of nitrogens with one attached hydrogen (secondary N) is 1. The molecule has 0 spiro atoms. The number of fused-ring (bicyclic) bond motifs is 4. The maximum atomic E-state index is 13.3. The second kappa shape index (κ2) is 12.1. The maximum absolute atomic E-state index is 13.3. The minimum absolute atomic E-state index is 0.211. The van der Waals surface area contributed by atoms with Gasteiger partial charge < -0.3 is 9.29 Å². The number of anilines is 1. The molecular formula is C32H43N3O2S. The van der Waals surface area contributed by atoms with E-state index in [1.54, 1.807) is 0 Å². The minimum atomic E-state index is -1.49. The standard InChI is InChI=1S/C32H43N3O2S/c1-21(2)26-15-10-16-27(22(3)4)30(26)28-18-29-34-31(33-28)35-38(36)25-14-9-12-23(17-25)11-8-13-24(20-37-29)19-32(5,6)7/h9-10,12,14-18,21-22,24H,8,11,13,19-20H2,1-7H3,(H,33,34,35)/t24-,38?/m1/s1. The maximum Gasteiger partial charge on any atom is 0.269 e. The van der Waals surface area contributed by atoms with E-state index in [0.29, 0.717) is 36.2 Å². The molecule has 38 heavy (non-hydrogen) atoms. The predicted octanol–water partition coefficient (Wildman–Crippen LogP) is 8.29. The molecule has 4 rings (SSSR count). The van der Waals surface area contributed by atoms with Gasteiger partial charge in [0.1, 0.15) is 11.4 Å². The van der Waals surface area contributed by atoms with E-state index in [2.05, 4.69) is 82.4 Å². The second-order valence-electron chi connectivity index (χ2n) is 12.4. The Kier molecular flexibility index (Phi) is 9.04. The molecule has 0 radical (unpaired) electrons. The quantitative estimate of drug-likeness (QED) is 0.342. The third kappa shape index (κ3) is 7.29. The Bertz CT molecular complexity index is 1210. The van der Waals surface area contributed by atoms with Crippen molar-refractivity contribution in [2.75, 3.05) is 11.3 Å². The molecule has 6 heteroatoms. The Hall–Kier alpha value is -2.57. The van der Waals surface area contributed by atoms with Gasteiger partial charge in [-0.15, -0.1) is 0 Å². The fraction of sp³-hybridized carbons (Fsp3) is 0.500. The van der Waals surface area contributed by atoms with E-state index in [1.807, 2.05) is 24.3 Å². The van der Waals surface area contributed by atoms with E-state index in [4.69, 9.17) is 9.72 Å². The minimum Gasteiger partial charge on any atom is -0.588 e. The molecule has 204 valence electrons. The van der Waals surface area contributed by atoms with Gasteiger partial charge >= 0.3 is 0 Å². The summed E-state index contributed by atoms with van der Waals surface area (Å²) in [6.07, 6.45) is 4.17. The number of ether oxygens (including phenoxy) is 1. The SMILES string of the molecule is CC(C)c1cccc(C(C)C)c1-c1cc2nc(n1)N[S+]([O-])c1cccc(c1)CCC[C@H](CC(C)(C)C)CO2. The molecule has 1 aromatic heterocycles. The molecule has 2 aromatic carbocycles. The van der Waals surface area contributed by atoms with Gasteiger partial charge in [-0.1, -0.05) is 78.8 Å². The first kappa shape index (κ1) is 28.4. The summed E-state index contributed by atoms with van der Waals surface area (Å²) in [4.78, 5) is 10.3. The average Bonchev–Trinajstić information content (AvgIpc) is 2.85. The summed E-state index contributed by atoms with van der Waals surface area (Å²) in [5.74, 6) is 1.90. The van der Waals surface area contributed by atoms with Crippen molar-refractivity contribution >= 4 is 17.3 Å². The van der Waals surface area contributed by atoms with Gasteiger partial charge in [-0.2, -0.15) is 9.71 Å². The van der Waals surface area contributed by atoms with Crippen LogP contribution in [0.4, 0.5) is 5.95 Å². The van der Waals surface area contributed by atoms with Crippen molar-refractivity contribution in [2.24, 2.45) is 11.3 Å². The van der Waals surface area contributed by atoms with E-state index in [0.717, 1.165) is 41.8 Å². The summed E-state index contributed by atoms with van der Waals surface area (Å²) in [5, 5.41) is 0. The van der Waals surface area contributed by atoms with Crippen LogP contribution in [0, 0.1) is 11.3 Å². The van der Waals surface area contributed by atoms with Crippen LogP contribution in [0.5, 0.6) is 5.88 Å². The molecule has 0 saturated heterocycles. The highest BCUT2D eigenvalue weighted by Gasteiger charge is 2.23. The van der Waals surface area contributed by atoms with Crippen LogP contribution in [0.25, 0.3) is 11.3 Å². The smallest absolute Gasteiger partial charge is 0.269 e. The number of hydrogen-bond donors (Lipinski definition) is 1. The molecule has 1 unspecified atom stereocenters. The van der Waals surface area contributed by atoms with Gasteiger partial charge in [-0.3, -0.25) is 0 Å². The zero-order chi connectivity index (χ0) is 27.4. The van der Waals surface area contributed by atoms with E-state index in [1.165, 1.54) is 16.7 Å². The predicted molar refractivity (Wildman–Crippen MR) is 158 cm³/mol. The Morgan fingerprint density at radius 3 is 2.34 bits per heavy atom. The summed E-state index contributed by atoms with van der Waals surface area (Å²) in [6, 6.07) is 16.5. The van der Waals surface area contributed by atoms with Crippen LogP contribution < -0.4 is 9.46 Å². The highest BCUT2D eigenvalue weighted by atomic mass is 32.2. The molecule has 0 amide bonds. The first-order valence-corrected chi connectivity index (χ1v) is 15.1. The zero-order valence-electron chi connectivity index (χ0n) is 24.0. The third-order valence-electron chi connectivity index (χ3n) is 7.07. The van der Waals surface area contributed by atoms with Crippen LogP contribution in [0.2, 0.25) is 0 Å². The largest absolute Gasteiger partial charge is 0.588 e. The summed E-state index contributed by atoms with van der Waals surface area (Å²) in [6.45, 7) is 16.3. The second-order valence-corrected chi connectivity index (χ2v) is 13.6. The van der Waals surface area contributed by atoms with E-state index >= 15 is 0 Å². The molecule has 1 N–H and O–H groups in total. The zero-order valence-corrected chi connectivity index (χ0v) is 24.8. The van der Waals surface area contributed by atoms with Crippen molar-refractivity contribution < 1.29 is 9.29 Å². The Labute approximate surface area is 232 Å². The molecule has 0 aliphatic carbocycles. The Morgan fingerprint density at radius 1 is 1.00 bits per heavy atom. The van der Waals surface area contributed by atoms with Gasteiger partial charge in [0.15, 0.2) is 4.90 Å². The molecule has 3 aromatic rings. The van der Waals surface area contributed by atoms with Crippen molar-refractivity contribution in [3.05, 3.63) is 65.2 Å². The molecule has 1 aliphatic rings. The van der Waals surface area contributed by atoms with Crippen molar-refractivity contribution in [2.45, 2.75) is 90.9 Å². The first-order chi connectivity index (χ1) is 18.0. The Morgan fingerprint density at radius 2 is 1.68 bits per heavy atom.